The maximum atomic E-state index is 12.1. The molecule has 2 heterocycles. The predicted molar refractivity (Wildman–Crippen MR) is 92.8 cm³/mol. The molecule has 0 saturated carbocycles. The lowest BCUT2D eigenvalue weighted by atomic mass is 9.88. The van der Waals surface area contributed by atoms with Crippen LogP contribution in [0.5, 0.6) is 0 Å². The summed E-state index contributed by atoms with van der Waals surface area (Å²) in [6.07, 6.45) is 6.00. The van der Waals surface area contributed by atoms with Gasteiger partial charge in [-0.15, -0.1) is 0 Å². The zero-order valence-corrected chi connectivity index (χ0v) is 14.8. The number of rotatable bonds is 3. The Labute approximate surface area is 144 Å². The third-order valence-corrected chi connectivity index (χ3v) is 5.29. The average Bonchev–Trinajstić information content (AvgIpc) is 2.62. The van der Waals surface area contributed by atoms with Gasteiger partial charge in [-0.05, 0) is 50.2 Å². The Balaban J connectivity index is 1.82. The maximum Gasteiger partial charge on any atom is 0.293 e. The van der Waals surface area contributed by atoms with E-state index >= 15 is 0 Å². The monoisotopic (exact) mass is 327 g/mol. The van der Waals surface area contributed by atoms with Crippen molar-refractivity contribution in [3.63, 3.8) is 0 Å². The number of aromatic nitrogens is 1. The molecule has 1 aromatic rings. The summed E-state index contributed by atoms with van der Waals surface area (Å²) < 4.78 is 0. The number of hydrogen-bond acceptors (Lipinski definition) is 3. The molecule has 1 fully saturated rings. The first-order chi connectivity index (χ1) is 11.7. The molecule has 3 rings (SSSR count). The second-order valence-electron chi connectivity index (χ2n) is 6.87. The summed E-state index contributed by atoms with van der Waals surface area (Å²) in [5, 5.41) is 9.74. The molecule has 5 heteroatoms. The number of aromatic amines is 1. The van der Waals surface area contributed by atoms with Gasteiger partial charge in [0.1, 0.15) is 30.4 Å². The van der Waals surface area contributed by atoms with E-state index in [2.05, 4.69) is 22.9 Å². The number of anilines is 1. The van der Waals surface area contributed by atoms with Gasteiger partial charge in [0.05, 0.1) is 13.1 Å². The van der Waals surface area contributed by atoms with Crippen molar-refractivity contribution in [3.05, 3.63) is 22.4 Å². The summed E-state index contributed by atoms with van der Waals surface area (Å²) in [7, 11) is 0. The van der Waals surface area contributed by atoms with Crippen molar-refractivity contribution >= 4 is 11.7 Å². The van der Waals surface area contributed by atoms with E-state index in [0.29, 0.717) is 6.42 Å². The van der Waals surface area contributed by atoms with Gasteiger partial charge in [-0.3, -0.25) is 9.69 Å². The van der Waals surface area contributed by atoms with Gasteiger partial charge in [0.15, 0.2) is 0 Å². The van der Waals surface area contributed by atoms with E-state index in [4.69, 9.17) is 0 Å². The van der Waals surface area contributed by atoms with Crippen LogP contribution in [-0.2, 0) is 17.6 Å². The number of pyridine rings is 1. The Kier molecular flexibility index (Phi) is 5.03. The summed E-state index contributed by atoms with van der Waals surface area (Å²) in [5.41, 5.74) is 4.62. The van der Waals surface area contributed by atoms with E-state index in [-0.39, 0.29) is 5.91 Å². The minimum Gasteiger partial charge on any atom is -0.335 e. The lowest BCUT2D eigenvalue weighted by Gasteiger charge is -2.32. The number of fused-ring (bicyclic) bond motifs is 1. The predicted octanol–water partition coefficient (Wildman–Crippen LogP) is 2.01. The van der Waals surface area contributed by atoms with Crippen molar-refractivity contribution in [3.8, 4) is 6.07 Å². The lowest BCUT2D eigenvalue weighted by molar-refractivity contribution is -0.375. The van der Waals surface area contributed by atoms with E-state index in [9.17, 15) is 10.1 Å². The summed E-state index contributed by atoms with van der Waals surface area (Å²) in [6, 6.07) is 2.45. The Bertz CT molecular complexity index is 669. The first-order valence-corrected chi connectivity index (χ1v) is 9.16. The highest BCUT2D eigenvalue weighted by Crippen LogP contribution is 2.30. The quantitative estimate of drug-likeness (QED) is 0.853. The van der Waals surface area contributed by atoms with Crippen LogP contribution in [0.4, 0.5) is 5.82 Å². The molecular formula is C19H27N4O+. The Hall–Kier alpha value is -2.09. The third-order valence-electron chi connectivity index (χ3n) is 5.29. The van der Waals surface area contributed by atoms with Gasteiger partial charge < -0.3 is 4.90 Å². The van der Waals surface area contributed by atoms with E-state index in [1.807, 2.05) is 11.8 Å². The number of aryl methyl sites for hydroxylation is 1. The second-order valence-corrected chi connectivity index (χ2v) is 6.87. The minimum atomic E-state index is 0.253. The van der Waals surface area contributed by atoms with Gasteiger partial charge in [0, 0.05) is 6.42 Å². The van der Waals surface area contributed by atoms with Crippen molar-refractivity contribution in [1.29, 1.82) is 5.26 Å². The van der Waals surface area contributed by atoms with Gasteiger partial charge in [-0.1, -0.05) is 6.92 Å². The van der Waals surface area contributed by atoms with Gasteiger partial charge in [0.2, 0.25) is 5.91 Å². The molecule has 1 saturated heterocycles. The maximum absolute atomic E-state index is 12.1. The fourth-order valence-corrected chi connectivity index (χ4v) is 3.96. The number of H-pyrrole nitrogens is 1. The third kappa shape index (κ3) is 3.10. The fourth-order valence-electron chi connectivity index (χ4n) is 3.96. The molecular weight excluding hydrogens is 300 g/mol. The molecule has 5 nitrogen and oxygen atoms in total. The zero-order chi connectivity index (χ0) is 17.1. The number of hydrogen-bond donors (Lipinski definition) is 0. The first kappa shape index (κ1) is 16.8. The summed E-state index contributed by atoms with van der Waals surface area (Å²) in [6.45, 7) is 7.23. The number of nitrogens with zero attached hydrogens (tertiary/aromatic N) is 3. The fraction of sp³-hybridized carbons (Fsp3) is 0.632. The standard InChI is InChI=1S/C19H26N4O/c1-3-6-18(24)22-9-11-23(12-10-22)19-17(13-20)16-8-5-4-7-15(16)14(2)21-19/h3-12H2,1-2H3/p+1. The van der Waals surface area contributed by atoms with Crippen LogP contribution in [-0.4, -0.2) is 37.0 Å². The van der Waals surface area contributed by atoms with Crippen LogP contribution in [0, 0.1) is 18.3 Å². The van der Waals surface area contributed by atoms with Crippen molar-refractivity contribution in [2.75, 3.05) is 31.1 Å². The summed E-state index contributed by atoms with van der Waals surface area (Å²) in [5.74, 6) is 1.21. The van der Waals surface area contributed by atoms with Gasteiger partial charge in [-0.2, -0.15) is 5.26 Å². The molecule has 1 aliphatic carbocycles. The van der Waals surface area contributed by atoms with E-state index in [0.717, 1.165) is 56.8 Å². The lowest BCUT2D eigenvalue weighted by Crippen LogP contribution is -2.50. The highest BCUT2D eigenvalue weighted by molar-refractivity contribution is 5.76. The molecule has 0 atom stereocenters. The molecule has 1 amide bonds. The van der Waals surface area contributed by atoms with Crippen LogP contribution in [0.2, 0.25) is 0 Å². The zero-order valence-electron chi connectivity index (χ0n) is 14.8. The van der Waals surface area contributed by atoms with Crippen LogP contribution in [0.15, 0.2) is 0 Å². The molecule has 1 aromatic heterocycles. The number of nitriles is 1. The first-order valence-electron chi connectivity index (χ1n) is 9.16. The molecule has 24 heavy (non-hydrogen) atoms. The number of carbonyl (C=O) groups excluding carboxylic acids is 1. The SMILES string of the molecule is CCCC(=O)N1CCN(c2[nH+]c(C)c3c(c2C#N)CCCC3)CC1. The van der Waals surface area contributed by atoms with Gasteiger partial charge in [0.25, 0.3) is 5.82 Å². The van der Waals surface area contributed by atoms with Crippen LogP contribution in [0.25, 0.3) is 0 Å². The minimum absolute atomic E-state index is 0.253. The normalized spacial score (nSPS) is 17.4. The van der Waals surface area contributed by atoms with Crippen molar-refractivity contribution in [2.45, 2.75) is 52.4 Å². The van der Waals surface area contributed by atoms with Crippen molar-refractivity contribution < 1.29 is 9.78 Å². The number of piperazine rings is 1. The van der Waals surface area contributed by atoms with Crippen molar-refractivity contribution in [1.82, 2.24) is 4.90 Å². The molecule has 1 N–H and O–H groups in total. The molecule has 0 bridgehead atoms. The molecule has 128 valence electrons. The summed E-state index contributed by atoms with van der Waals surface area (Å²) in [4.78, 5) is 19.8. The number of carbonyl (C=O) groups is 1. The molecule has 1 aliphatic heterocycles. The Morgan fingerprint density at radius 3 is 2.46 bits per heavy atom. The molecule has 2 aliphatic rings. The smallest absolute Gasteiger partial charge is 0.293 e. The molecule has 0 unspecified atom stereocenters. The molecule has 0 radical (unpaired) electrons. The van der Waals surface area contributed by atoms with Crippen LogP contribution < -0.4 is 9.88 Å². The largest absolute Gasteiger partial charge is 0.335 e. The van der Waals surface area contributed by atoms with Crippen molar-refractivity contribution in [2.24, 2.45) is 0 Å². The van der Waals surface area contributed by atoms with Crippen LogP contribution in [0.1, 0.15) is 55.0 Å². The Morgan fingerprint density at radius 1 is 1.17 bits per heavy atom. The average molecular weight is 327 g/mol. The van der Waals surface area contributed by atoms with Gasteiger partial charge >= 0.3 is 0 Å². The number of amides is 1. The highest BCUT2D eigenvalue weighted by atomic mass is 16.2. The highest BCUT2D eigenvalue weighted by Gasteiger charge is 2.31. The summed E-state index contributed by atoms with van der Waals surface area (Å²) >= 11 is 0. The van der Waals surface area contributed by atoms with Gasteiger partial charge in [-0.25, -0.2) is 4.98 Å². The van der Waals surface area contributed by atoms with E-state index in [1.54, 1.807) is 0 Å². The van der Waals surface area contributed by atoms with E-state index < -0.39 is 0 Å². The molecule has 0 aromatic carbocycles. The number of nitrogens with one attached hydrogen (secondary N) is 1. The van der Waals surface area contributed by atoms with Crippen LogP contribution >= 0.6 is 0 Å². The molecule has 0 spiro atoms. The van der Waals surface area contributed by atoms with E-state index in [1.165, 1.54) is 29.7 Å². The topological polar surface area (TPSA) is 61.5 Å². The second kappa shape index (κ2) is 7.21. The Morgan fingerprint density at radius 2 is 1.83 bits per heavy atom. The van der Waals surface area contributed by atoms with Crippen LogP contribution in [0.3, 0.4) is 0 Å².